The Bertz CT molecular complexity index is 742. The summed E-state index contributed by atoms with van der Waals surface area (Å²) in [7, 11) is 0. The minimum atomic E-state index is -0.178. The highest BCUT2D eigenvalue weighted by Crippen LogP contribution is 2.25. The van der Waals surface area contributed by atoms with E-state index in [1.54, 1.807) is 31.2 Å². The topological polar surface area (TPSA) is 58.2 Å². The number of nitrogens with one attached hydrogen (secondary N) is 2. The van der Waals surface area contributed by atoms with Crippen LogP contribution in [-0.4, -0.2) is 11.8 Å². The number of halogens is 1. The molecular weight excluding hydrogens is 324 g/mol. The highest BCUT2D eigenvalue weighted by molar-refractivity contribution is 6.33. The third kappa shape index (κ3) is 5.56. The van der Waals surface area contributed by atoms with E-state index in [0.29, 0.717) is 22.8 Å². The molecule has 0 aliphatic carbocycles. The molecule has 0 aliphatic heterocycles. The van der Waals surface area contributed by atoms with E-state index in [9.17, 15) is 9.59 Å². The van der Waals surface area contributed by atoms with E-state index in [0.717, 1.165) is 5.56 Å². The minimum Gasteiger partial charge on any atom is -0.326 e. The lowest BCUT2D eigenvalue weighted by atomic mass is 10.2. The van der Waals surface area contributed by atoms with Crippen LogP contribution in [0.15, 0.2) is 54.6 Å². The van der Waals surface area contributed by atoms with Crippen LogP contribution in [0.3, 0.4) is 0 Å². The molecule has 2 rings (SSSR count). The van der Waals surface area contributed by atoms with E-state index in [-0.39, 0.29) is 18.2 Å². The highest BCUT2D eigenvalue weighted by atomic mass is 35.5. The molecule has 4 nitrogen and oxygen atoms in total. The Morgan fingerprint density at radius 1 is 1.04 bits per heavy atom. The van der Waals surface area contributed by atoms with Crippen LogP contribution in [0.4, 0.5) is 11.4 Å². The van der Waals surface area contributed by atoms with Crippen molar-refractivity contribution in [1.82, 2.24) is 0 Å². The second kappa shape index (κ2) is 8.89. The molecule has 24 heavy (non-hydrogen) atoms. The fourth-order valence-corrected chi connectivity index (χ4v) is 2.18. The number of amides is 2. The van der Waals surface area contributed by atoms with Crippen molar-refractivity contribution < 1.29 is 9.59 Å². The SMILES string of the molecule is CCC(=O)Nc1ccc(Cl)c(NC(=O)C/C=C/c2ccccc2)c1. The van der Waals surface area contributed by atoms with Crippen LogP contribution in [0.25, 0.3) is 6.08 Å². The number of rotatable bonds is 6. The number of benzene rings is 2. The first-order chi connectivity index (χ1) is 11.6. The molecule has 0 heterocycles. The summed E-state index contributed by atoms with van der Waals surface area (Å²) in [5.74, 6) is -0.275. The Morgan fingerprint density at radius 3 is 2.50 bits per heavy atom. The van der Waals surface area contributed by atoms with Crippen molar-refractivity contribution in [2.24, 2.45) is 0 Å². The zero-order valence-corrected chi connectivity index (χ0v) is 14.1. The fourth-order valence-electron chi connectivity index (χ4n) is 2.02. The molecule has 0 atom stereocenters. The van der Waals surface area contributed by atoms with Crippen LogP contribution < -0.4 is 10.6 Å². The molecule has 2 aromatic rings. The summed E-state index contributed by atoms with van der Waals surface area (Å²) in [5, 5.41) is 5.91. The number of hydrogen-bond donors (Lipinski definition) is 2. The molecule has 0 saturated carbocycles. The molecule has 0 saturated heterocycles. The van der Waals surface area contributed by atoms with Crippen LogP contribution in [0.5, 0.6) is 0 Å². The lowest BCUT2D eigenvalue weighted by molar-refractivity contribution is -0.116. The van der Waals surface area contributed by atoms with Gasteiger partial charge < -0.3 is 10.6 Å². The molecule has 2 aromatic carbocycles. The molecule has 0 fully saturated rings. The summed E-state index contributed by atoms with van der Waals surface area (Å²) in [6.07, 6.45) is 4.30. The fraction of sp³-hybridized carbons (Fsp3) is 0.158. The van der Waals surface area contributed by atoms with Crippen LogP contribution in [0, 0.1) is 0 Å². The third-order valence-electron chi connectivity index (χ3n) is 3.26. The number of carbonyl (C=O) groups excluding carboxylic acids is 2. The van der Waals surface area contributed by atoms with Crippen molar-refractivity contribution in [3.63, 3.8) is 0 Å². The van der Waals surface area contributed by atoms with E-state index in [1.807, 2.05) is 36.4 Å². The molecule has 0 radical (unpaired) electrons. The van der Waals surface area contributed by atoms with Gasteiger partial charge in [0, 0.05) is 18.5 Å². The summed E-state index contributed by atoms with van der Waals surface area (Å²) in [4.78, 5) is 23.5. The van der Waals surface area contributed by atoms with E-state index in [4.69, 9.17) is 11.6 Å². The normalized spacial score (nSPS) is 10.6. The van der Waals surface area contributed by atoms with Gasteiger partial charge in [0.25, 0.3) is 0 Å². The Kier molecular flexibility index (Phi) is 6.58. The zero-order chi connectivity index (χ0) is 17.4. The zero-order valence-electron chi connectivity index (χ0n) is 13.4. The largest absolute Gasteiger partial charge is 0.326 e. The van der Waals surface area contributed by atoms with Gasteiger partial charge in [-0.1, -0.05) is 61.0 Å². The molecule has 2 N–H and O–H groups in total. The number of hydrogen-bond acceptors (Lipinski definition) is 2. The summed E-state index contributed by atoms with van der Waals surface area (Å²) < 4.78 is 0. The third-order valence-corrected chi connectivity index (χ3v) is 3.59. The average Bonchev–Trinajstić information content (AvgIpc) is 2.58. The summed E-state index contributed by atoms with van der Waals surface area (Å²) in [6, 6.07) is 14.7. The first-order valence-electron chi connectivity index (χ1n) is 7.69. The van der Waals surface area contributed by atoms with Crippen molar-refractivity contribution in [3.8, 4) is 0 Å². The van der Waals surface area contributed by atoms with Gasteiger partial charge in [-0.25, -0.2) is 0 Å². The van der Waals surface area contributed by atoms with Crippen LogP contribution >= 0.6 is 11.6 Å². The number of carbonyl (C=O) groups is 2. The van der Waals surface area contributed by atoms with Gasteiger partial charge >= 0.3 is 0 Å². The van der Waals surface area contributed by atoms with Gasteiger partial charge in [0.2, 0.25) is 11.8 Å². The smallest absolute Gasteiger partial charge is 0.228 e. The van der Waals surface area contributed by atoms with E-state index < -0.39 is 0 Å². The van der Waals surface area contributed by atoms with E-state index in [2.05, 4.69) is 10.6 Å². The van der Waals surface area contributed by atoms with Gasteiger partial charge in [0.15, 0.2) is 0 Å². The quantitative estimate of drug-likeness (QED) is 0.797. The number of anilines is 2. The van der Waals surface area contributed by atoms with Crippen molar-refractivity contribution in [2.75, 3.05) is 10.6 Å². The summed E-state index contributed by atoms with van der Waals surface area (Å²) in [5.41, 5.74) is 2.11. The first kappa shape index (κ1) is 17.8. The molecule has 0 aliphatic rings. The van der Waals surface area contributed by atoms with E-state index >= 15 is 0 Å². The maximum atomic E-state index is 12.0. The Morgan fingerprint density at radius 2 is 1.79 bits per heavy atom. The standard InChI is InChI=1S/C19H19ClN2O2/c1-2-18(23)21-15-11-12-16(20)17(13-15)22-19(24)10-6-9-14-7-4-3-5-8-14/h3-9,11-13H,2,10H2,1H3,(H,21,23)(H,22,24)/b9-6+. The lowest BCUT2D eigenvalue weighted by Crippen LogP contribution is -2.12. The molecule has 0 bridgehead atoms. The lowest BCUT2D eigenvalue weighted by Gasteiger charge is -2.09. The monoisotopic (exact) mass is 342 g/mol. The van der Waals surface area contributed by atoms with Gasteiger partial charge in [0.1, 0.15) is 0 Å². The van der Waals surface area contributed by atoms with Gasteiger partial charge in [0.05, 0.1) is 10.7 Å². The van der Waals surface area contributed by atoms with Crippen molar-refractivity contribution >= 4 is 40.9 Å². The minimum absolute atomic E-state index is 0.0969. The Hall–Kier alpha value is -2.59. The van der Waals surface area contributed by atoms with Gasteiger partial charge in [-0.3, -0.25) is 9.59 Å². The van der Waals surface area contributed by atoms with Gasteiger partial charge in [-0.2, -0.15) is 0 Å². The summed E-state index contributed by atoms with van der Waals surface area (Å²) >= 11 is 6.10. The highest BCUT2D eigenvalue weighted by Gasteiger charge is 2.07. The van der Waals surface area contributed by atoms with Crippen molar-refractivity contribution in [2.45, 2.75) is 19.8 Å². The molecular formula is C19H19ClN2O2. The summed E-state index contributed by atoms with van der Waals surface area (Å²) in [6.45, 7) is 1.77. The van der Waals surface area contributed by atoms with E-state index in [1.165, 1.54) is 0 Å². The van der Waals surface area contributed by atoms with Crippen LogP contribution in [0.1, 0.15) is 25.3 Å². The predicted molar refractivity (Wildman–Crippen MR) is 99.1 cm³/mol. The van der Waals surface area contributed by atoms with Crippen molar-refractivity contribution in [3.05, 3.63) is 65.2 Å². The molecule has 0 unspecified atom stereocenters. The van der Waals surface area contributed by atoms with Gasteiger partial charge in [-0.05, 0) is 23.8 Å². The predicted octanol–water partition coefficient (Wildman–Crippen LogP) is 4.73. The Labute approximate surface area is 146 Å². The van der Waals surface area contributed by atoms with Gasteiger partial charge in [-0.15, -0.1) is 0 Å². The second-order valence-corrected chi connectivity index (χ2v) is 5.57. The second-order valence-electron chi connectivity index (χ2n) is 5.16. The maximum Gasteiger partial charge on any atom is 0.228 e. The van der Waals surface area contributed by atoms with Crippen LogP contribution in [-0.2, 0) is 9.59 Å². The molecule has 124 valence electrons. The molecule has 2 amide bonds. The molecule has 0 aromatic heterocycles. The maximum absolute atomic E-state index is 12.0. The molecule has 0 spiro atoms. The first-order valence-corrected chi connectivity index (χ1v) is 8.07. The average molecular weight is 343 g/mol. The molecule has 5 heteroatoms. The van der Waals surface area contributed by atoms with Crippen molar-refractivity contribution in [1.29, 1.82) is 0 Å². The Balaban J connectivity index is 1.96. The van der Waals surface area contributed by atoms with Crippen LogP contribution in [0.2, 0.25) is 5.02 Å².